The number of ether oxygens (including phenoxy) is 1. The molecule has 110 valence electrons. The van der Waals surface area contributed by atoms with Crippen molar-refractivity contribution in [1.82, 2.24) is 0 Å². The molecule has 1 aromatic rings. The Hall–Kier alpha value is -1.71. The van der Waals surface area contributed by atoms with E-state index < -0.39 is 41.9 Å². The van der Waals surface area contributed by atoms with Crippen molar-refractivity contribution in [3.8, 4) is 5.75 Å². The average Bonchev–Trinajstić information content (AvgIpc) is 2.41. The SMILES string of the molecule is O=C(O)C1(c2ccccc2O)OC(O)C(O)C(O)C1O. The second-order valence-electron chi connectivity index (χ2n) is 4.49. The van der Waals surface area contributed by atoms with Crippen molar-refractivity contribution < 1.29 is 40.2 Å². The molecule has 1 aromatic carbocycles. The molecule has 1 fully saturated rings. The molecule has 0 amide bonds. The van der Waals surface area contributed by atoms with E-state index in [1.807, 2.05) is 0 Å². The maximum absolute atomic E-state index is 11.5. The Morgan fingerprint density at radius 2 is 1.70 bits per heavy atom. The minimum Gasteiger partial charge on any atom is -0.508 e. The molecule has 2 rings (SSSR count). The Morgan fingerprint density at radius 3 is 2.25 bits per heavy atom. The van der Waals surface area contributed by atoms with Crippen LogP contribution in [0.4, 0.5) is 0 Å². The van der Waals surface area contributed by atoms with Crippen LogP contribution in [0.5, 0.6) is 5.75 Å². The molecule has 0 spiro atoms. The number of aliphatic hydroxyl groups is 4. The molecule has 6 N–H and O–H groups in total. The topological polar surface area (TPSA) is 148 Å². The van der Waals surface area contributed by atoms with Crippen molar-refractivity contribution in [2.75, 3.05) is 0 Å². The van der Waals surface area contributed by atoms with Gasteiger partial charge in [-0.2, -0.15) is 0 Å². The molecular formula is C12H14O8. The Balaban J connectivity index is 2.61. The zero-order chi connectivity index (χ0) is 15.1. The molecular weight excluding hydrogens is 272 g/mol. The summed E-state index contributed by atoms with van der Waals surface area (Å²) in [5, 5.41) is 57.7. The van der Waals surface area contributed by atoms with Crippen LogP contribution in [-0.2, 0) is 15.1 Å². The number of aromatic hydroxyl groups is 1. The zero-order valence-corrected chi connectivity index (χ0v) is 10.1. The lowest BCUT2D eigenvalue weighted by molar-refractivity contribution is -0.319. The molecule has 5 unspecified atom stereocenters. The quantitative estimate of drug-likeness (QED) is 0.369. The van der Waals surface area contributed by atoms with Crippen LogP contribution >= 0.6 is 0 Å². The first kappa shape index (κ1) is 14.7. The van der Waals surface area contributed by atoms with Gasteiger partial charge in [0.25, 0.3) is 0 Å². The number of carboxylic acids is 1. The van der Waals surface area contributed by atoms with E-state index in [4.69, 9.17) is 4.74 Å². The summed E-state index contributed by atoms with van der Waals surface area (Å²) in [5.74, 6) is -2.22. The van der Waals surface area contributed by atoms with Gasteiger partial charge in [0.1, 0.15) is 24.1 Å². The number of phenolic OH excluding ortho intramolecular Hbond substituents is 1. The van der Waals surface area contributed by atoms with Crippen molar-refractivity contribution in [1.29, 1.82) is 0 Å². The summed E-state index contributed by atoms with van der Waals surface area (Å²) in [5.41, 5.74) is -2.94. The minimum absolute atomic E-state index is 0.343. The van der Waals surface area contributed by atoms with Gasteiger partial charge in [-0.15, -0.1) is 0 Å². The van der Waals surface area contributed by atoms with E-state index in [1.54, 1.807) is 0 Å². The van der Waals surface area contributed by atoms with E-state index >= 15 is 0 Å². The summed E-state index contributed by atoms with van der Waals surface area (Å²) < 4.78 is 4.83. The van der Waals surface area contributed by atoms with E-state index in [9.17, 15) is 35.4 Å². The van der Waals surface area contributed by atoms with Gasteiger partial charge in [-0.1, -0.05) is 18.2 Å². The van der Waals surface area contributed by atoms with Crippen LogP contribution in [-0.4, -0.2) is 61.2 Å². The number of benzene rings is 1. The fourth-order valence-corrected chi connectivity index (χ4v) is 2.23. The van der Waals surface area contributed by atoms with Gasteiger partial charge in [0, 0.05) is 5.56 Å². The number of carbonyl (C=O) groups is 1. The third kappa shape index (κ3) is 1.94. The smallest absolute Gasteiger partial charge is 0.343 e. The predicted octanol–water partition coefficient (Wildman–Crippen LogP) is -1.90. The standard InChI is InChI=1S/C12H14O8/c13-6-4-2-1-3-5(6)12(11(18)19)9(16)7(14)8(15)10(17)20-12/h1-4,7-10,13-17H,(H,18,19). The molecule has 1 aliphatic heterocycles. The van der Waals surface area contributed by atoms with E-state index in [2.05, 4.69) is 0 Å². The average molecular weight is 286 g/mol. The molecule has 1 heterocycles. The molecule has 0 radical (unpaired) electrons. The maximum Gasteiger partial charge on any atom is 0.343 e. The second kappa shape index (κ2) is 5.00. The molecule has 5 atom stereocenters. The maximum atomic E-state index is 11.5. The number of para-hydroxylation sites is 1. The number of hydrogen-bond donors (Lipinski definition) is 6. The monoisotopic (exact) mass is 286 g/mol. The highest BCUT2D eigenvalue weighted by Crippen LogP contribution is 2.41. The molecule has 0 bridgehead atoms. The molecule has 20 heavy (non-hydrogen) atoms. The van der Waals surface area contributed by atoms with Crippen molar-refractivity contribution in [2.45, 2.75) is 30.2 Å². The minimum atomic E-state index is -2.59. The van der Waals surface area contributed by atoms with Crippen molar-refractivity contribution in [2.24, 2.45) is 0 Å². The van der Waals surface area contributed by atoms with Crippen molar-refractivity contribution >= 4 is 5.97 Å². The number of carboxylic acid groups (broad SMARTS) is 1. The first-order valence-corrected chi connectivity index (χ1v) is 5.74. The summed E-state index contributed by atoms with van der Waals surface area (Å²) in [7, 11) is 0. The van der Waals surface area contributed by atoms with Crippen LogP contribution in [0.1, 0.15) is 5.56 Å². The van der Waals surface area contributed by atoms with Gasteiger partial charge in [0.15, 0.2) is 6.29 Å². The largest absolute Gasteiger partial charge is 0.508 e. The molecule has 1 saturated heterocycles. The van der Waals surface area contributed by atoms with Gasteiger partial charge in [0.2, 0.25) is 5.60 Å². The fraction of sp³-hybridized carbons (Fsp3) is 0.417. The van der Waals surface area contributed by atoms with Gasteiger partial charge in [-0.3, -0.25) is 0 Å². The predicted molar refractivity (Wildman–Crippen MR) is 62.5 cm³/mol. The molecule has 0 aliphatic carbocycles. The first-order valence-electron chi connectivity index (χ1n) is 5.74. The summed E-state index contributed by atoms with van der Waals surface area (Å²) >= 11 is 0. The van der Waals surface area contributed by atoms with Gasteiger partial charge in [-0.25, -0.2) is 4.79 Å². The normalized spacial score (nSPS) is 37.6. The zero-order valence-electron chi connectivity index (χ0n) is 10.1. The van der Waals surface area contributed by atoms with Crippen molar-refractivity contribution in [3.05, 3.63) is 29.8 Å². The lowest BCUT2D eigenvalue weighted by atomic mass is 9.80. The summed E-state index contributed by atoms with van der Waals surface area (Å²) in [6.07, 6.45) is -7.96. The van der Waals surface area contributed by atoms with Crippen LogP contribution < -0.4 is 0 Å². The Bertz CT molecular complexity index is 518. The third-order valence-electron chi connectivity index (χ3n) is 3.31. The Kier molecular flexibility index (Phi) is 3.67. The number of phenols is 1. The van der Waals surface area contributed by atoms with E-state index in [0.29, 0.717) is 0 Å². The Morgan fingerprint density at radius 1 is 1.10 bits per heavy atom. The van der Waals surface area contributed by atoms with Crippen LogP contribution in [0.3, 0.4) is 0 Å². The highest BCUT2D eigenvalue weighted by atomic mass is 16.7. The molecule has 8 heteroatoms. The third-order valence-corrected chi connectivity index (χ3v) is 3.31. The molecule has 1 aliphatic rings. The highest BCUT2D eigenvalue weighted by Gasteiger charge is 2.60. The van der Waals surface area contributed by atoms with Crippen LogP contribution in [0, 0.1) is 0 Å². The van der Waals surface area contributed by atoms with Crippen LogP contribution in [0.2, 0.25) is 0 Å². The highest BCUT2D eigenvalue weighted by molar-refractivity contribution is 5.82. The van der Waals surface area contributed by atoms with E-state index in [0.717, 1.165) is 0 Å². The fourth-order valence-electron chi connectivity index (χ4n) is 2.23. The van der Waals surface area contributed by atoms with Crippen LogP contribution in [0.25, 0.3) is 0 Å². The van der Waals surface area contributed by atoms with Gasteiger partial charge in [0.05, 0.1) is 0 Å². The summed E-state index contributed by atoms with van der Waals surface area (Å²) in [4.78, 5) is 11.5. The number of hydrogen-bond acceptors (Lipinski definition) is 7. The molecule has 0 saturated carbocycles. The number of aliphatic hydroxyl groups excluding tert-OH is 4. The lowest BCUT2D eigenvalue weighted by Gasteiger charge is -2.44. The first-order chi connectivity index (χ1) is 9.32. The van der Waals surface area contributed by atoms with Gasteiger partial charge < -0.3 is 35.4 Å². The number of aliphatic carboxylic acids is 1. The second-order valence-corrected chi connectivity index (χ2v) is 4.49. The summed E-state index contributed by atoms with van der Waals surface area (Å²) in [6.45, 7) is 0. The van der Waals surface area contributed by atoms with Gasteiger partial charge >= 0.3 is 5.97 Å². The van der Waals surface area contributed by atoms with Crippen molar-refractivity contribution in [3.63, 3.8) is 0 Å². The lowest BCUT2D eigenvalue weighted by Crippen LogP contribution is -2.65. The molecule has 8 nitrogen and oxygen atoms in total. The van der Waals surface area contributed by atoms with E-state index in [-0.39, 0.29) is 5.56 Å². The van der Waals surface area contributed by atoms with E-state index in [1.165, 1.54) is 24.3 Å². The summed E-state index contributed by atoms with van der Waals surface area (Å²) in [6, 6.07) is 5.15. The van der Waals surface area contributed by atoms with Crippen LogP contribution in [0.15, 0.2) is 24.3 Å². The molecule has 0 aromatic heterocycles. The number of rotatable bonds is 2. The van der Waals surface area contributed by atoms with Gasteiger partial charge in [-0.05, 0) is 6.07 Å². The Labute approximate surface area is 113 Å².